The van der Waals surface area contributed by atoms with E-state index in [9.17, 15) is 9.59 Å². The molecule has 0 fully saturated rings. The summed E-state index contributed by atoms with van der Waals surface area (Å²) in [4.78, 5) is 39.7. The van der Waals surface area contributed by atoms with Gasteiger partial charge in [0.1, 0.15) is 29.4 Å². The Bertz CT molecular complexity index is 1500. The maximum absolute atomic E-state index is 12.5. The molecule has 8 nitrogen and oxygen atoms in total. The van der Waals surface area contributed by atoms with Crippen molar-refractivity contribution in [3.8, 4) is 11.8 Å². The first-order valence-corrected chi connectivity index (χ1v) is 10.4. The van der Waals surface area contributed by atoms with E-state index in [4.69, 9.17) is 17.3 Å². The molecule has 33 heavy (non-hydrogen) atoms. The molecule has 0 amide bonds. The van der Waals surface area contributed by atoms with Crippen LogP contribution < -0.4 is 16.6 Å². The molecule has 4 rings (SSSR count). The molecule has 0 aliphatic heterocycles. The van der Waals surface area contributed by atoms with Crippen LogP contribution in [0.3, 0.4) is 0 Å². The van der Waals surface area contributed by atoms with Crippen molar-refractivity contribution < 1.29 is 4.79 Å². The highest BCUT2D eigenvalue weighted by Crippen LogP contribution is 2.23. The van der Waals surface area contributed by atoms with Gasteiger partial charge in [-0.1, -0.05) is 41.6 Å². The molecule has 164 valence electrons. The monoisotopic (exact) mass is 458 g/mol. The third-order valence-corrected chi connectivity index (χ3v) is 5.26. The number of aromatic amines is 1. The Hall–Kier alpha value is -4.22. The molecule has 0 radical (unpaired) electrons. The maximum atomic E-state index is 12.5. The Labute approximate surface area is 194 Å². The van der Waals surface area contributed by atoms with E-state index >= 15 is 0 Å². The van der Waals surface area contributed by atoms with Gasteiger partial charge in [-0.15, -0.1) is 0 Å². The first-order chi connectivity index (χ1) is 15.8. The number of nitrogens with two attached hydrogens (primary N) is 1. The predicted molar refractivity (Wildman–Crippen MR) is 128 cm³/mol. The lowest BCUT2D eigenvalue weighted by Gasteiger charge is -2.16. The van der Waals surface area contributed by atoms with Gasteiger partial charge in [-0.05, 0) is 38.1 Å². The van der Waals surface area contributed by atoms with Gasteiger partial charge in [0.15, 0.2) is 5.78 Å². The minimum Gasteiger partial charge on any atom is -0.382 e. The van der Waals surface area contributed by atoms with Crippen molar-refractivity contribution in [2.45, 2.75) is 19.9 Å². The van der Waals surface area contributed by atoms with Gasteiger partial charge in [0.25, 0.3) is 5.56 Å². The molecule has 0 saturated heterocycles. The number of hydrogen-bond donors (Lipinski definition) is 3. The van der Waals surface area contributed by atoms with Crippen LogP contribution in [0.1, 0.15) is 47.2 Å². The van der Waals surface area contributed by atoms with Crippen molar-refractivity contribution in [2.75, 3.05) is 11.1 Å². The number of ketones is 1. The fraction of sp³-hybridized carbons (Fsp3) is 0.125. The molecule has 0 aliphatic rings. The molecule has 2 aromatic heterocycles. The number of halogens is 1. The van der Waals surface area contributed by atoms with Crippen LogP contribution in [0.15, 0.2) is 53.6 Å². The normalized spacial score (nSPS) is 11.5. The molecule has 1 atom stereocenters. The Morgan fingerprint density at radius 2 is 1.97 bits per heavy atom. The van der Waals surface area contributed by atoms with E-state index in [1.165, 1.54) is 13.3 Å². The summed E-state index contributed by atoms with van der Waals surface area (Å²) in [5, 5.41) is 3.86. The number of carbonyl (C=O) groups is 1. The van der Waals surface area contributed by atoms with E-state index in [1.807, 2.05) is 6.92 Å². The second-order valence-electron chi connectivity index (χ2n) is 7.32. The topological polar surface area (TPSA) is 127 Å². The van der Waals surface area contributed by atoms with E-state index in [0.29, 0.717) is 44.3 Å². The predicted octanol–water partition coefficient (Wildman–Crippen LogP) is 3.72. The number of Topliss-reactive ketones (excluding diaryl/α,β-unsaturated/α-hetero) is 1. The molecule has 2 aromatic carbocycles. The Morgan fingerprint density at radius 3 is 2.76 bits per heavy atom. The van der Waals surface area contributed by atoms with Gasteiger partial charge in [-0.2, -0.15) is 0 Å². The minimum atomic E-state index is -0.433. The van der Waals surface area contributed by atoms with Gasteiger partial charge < -0.3 is 16.0 Å². The van der Waals surface area contributed by atoms with Crippen molar-refractivity contribution in [2.24, 2.45) is 0 Å². The smallest absolute Gasteiger partial charge is 0.260 e. The van der Waals surface area contributed by atoms with Gasteiger partial charge in [0.2, 0.25) is 0 Å². The standard InChI is InChI=1S/C24H19ClN6O2/c1-13(22-30-19-8-4-7-18(25)20(19)24(33)31-22)29-23-17(21(26)27-12-28-23)10-9-15-5-3-6-16(11-15)14(2)32/h3-8,11-13H,1-2H3,(H,30,31,33)(H3,26,27,28,29). The summed E-state index contributed by atoms with van der Waals surface area (Å²) in [5.74, 6) is 6.93. The van der Waals surface area contributed by atoms with E-state index in [-0.39, 0.29) is 17.2 Å². The number of carbonyl (C=O) groups excluding carboxylic acids is 1. The van der Waals surface area contributed by atoms with Gasteiger partial charge in [0.05, 0.1) is 22.0 Å². The average Bonchev–Trinajstić information content (AvgIpc) is 2.78. The lowest BCUT2D eigenvalue weighted by Crippen LogP contribution is -2.19. The average molecular weight is 459 g/mol. The van der Waals surface area contributed by atoms with E-state index in [1.54, 1.807) is 42.5 Å². The molecular formula is C24H19ClN6O2. The lowest BCUT2D eigenvalue weighted by atomic mass is 10.1. The number of H-pyrrole nitrogens is 1. The van der Waals surface area contributed by atoms with Gasteiger partial charge in [-0.25, -0.2) is 15.0 Å². The summed E-state index contributed by atoms with van der Waals surface area (Å²) in [6, 6.07) is 11.7. The van der Waals surface area contributed by atoms with Crippen LogP contribution in [-0.4, -0.2) is 25.7 Å². The van der Waals surface area contributed by atoms with Gasteiger partial charge in [0, 0.05) is 11.1 Å². The van der Waals surface area contributed by atoms with Crippen LogP contribution in [0, 0.1) is 11.8 Å². The summed E-state index contributed by atoms with van der Waals surface area (Å²) >= 11 is 6.13. The van der Waals surface area contributed by atoms with E-state index in [0.717, 1.165) is 0 Å². The van der Waals surface area contributed by atoms with Crippen molar-refractivity contribution >= 4 is 39.9 Å². The molecule has 4 N–H and O–H groups in total. The number of nitrogens with one attached hydrogen (secondary N) is 2. The lowest BCUT2D eigenvalue weighted by molar-refractivity contribution is 0.101. The third-order valence-electron chi connectivity index (χ3n) is 4.94. The van der Waals surface area contributed by atoms with Crippen molar-refractivity contribution in [3.63, 3.8) is 0 Å². The van der Waals surface area contributed by atoms with Crippen LogP contribution in [-0.2, 0) is 0 Å². The van der Waals surface area contributed by atoms with Crippen LogP contribution in [0.2, 0.25) is 5.02 Å². The highest BCUT2D eigenvalue weighted by atomic mass is 35.5. The minimum absolute atomic E-state index is 0.0458. The molecule has 0 bridgehead atoms. The zero-order valence-electron chi connectivity index (χ0n) is 17.8. The Kier molecular flexibility index (Phi) is 6.07. The number of fused-ring (bicyclic) bond motifs is 1. The van der Waals surface area contributed by atoms with Crippen LogP contribution >= 0.6 is 11.6 Å². The molecule has 0 spiro atoms. The fourth-order valence-corrected chi connectivity index (χ4v) is 3.48. The molecule has 0 aliphatic carbocycles. The second-order valence-corrected chi connectivity index (χ2v) is 7.73. The molecule has 1 unspecified atom stereocenters. The number of rotatable bonds is 4. The van der Waals surface area contributed by atoms with Crippen LogP contribution in [0.25, 0.3) is 10.9 Å². The summed E-state index contributed by atoms with van der Waals surface area (Å²) in [6.45, 7) is 3.32. The number of benzene rings is 2. The number of nitrogen functional groups attached to an aromatic ring is 1. The molecule has 9 heteroatoms. The highest BCUT2D eigenvalue weighted by molar-refractivity contribution is 6.35. The molecular weight excluding hydrogens is 440 g/mol. The van der Waals surface area contributed by atoms with Crippen LogP contribution in [0.5, 0.6) is 0 Å². The molecule has 4 aromatic rings. The van der Waals surface area contributed by atoms with Gasteiger partial charge in [-0.3, -0.25) is 9.59 Å². The van der Waals surface area contributed by atoms with E-state index < -0.39 is 6.04 Å². The summed E-state index contributed by atoms with van der Waals surface area (Å²) < 4.78 is 0. The second kappa shape index (κ2) is 9.10. The largest absolute Gasteiger partial charge is 0.382 e. The quantitative estimate of drug-likeness (QED) is 0.314. The first-order valence-electron chi connectivity index (χ1n) is 10.0. The Balaban J connectivity index is 1.68. The number of anilines is 2. The van der Waals surface area contributed by atoms with Crippen molar-refractivity contribution in [1.29, 1.82) is 0 Å². The van der Waals surface area contributed by atoms with Crippen molar-refractivity contribution in [3.05, 3.63) is 86.7 Å². The highest BCUT2D eigenvalue weighted by Gasteiger charge is 2.15. The first kappa shape index (κ1) is 22.0. The Morgan fingerprint density at radius 1 is 1.18 bits per heavy atom. The third kappa shape index (κ3) is 4.68. The summed E-state index contributed by atoms with van der Waals surface area (Å²) in [7, 11) is 0. The molecule has 0 saturated carbocycles. The molecule has 2 heterocycles. The van der Waals surface area contributed by atoms with Crippen molar-refractivity contribution in [1.82, 2.24) is 19.9 Å². The number of hydrogen-bond acceptors (Lipinski definition) is 7. The zero-order valence-corrected chi connectivity index (χ0v) is 18.6. The number of aromatic nitrogens is 4. The number of nitrogens with zero attached hydrogens (tertiary/aromatic N) is 3. The van der Waals surface area contributed by atoms with E-state index in [2.05, 4.69) is 37.1 Å². The summed E-state index contributed by atoms with van der Waals surface area (Å²) in [6.07, 6.45) is 1.32. The SMILES string of the molecule is CC(=O)c1cccc(C#Cc2c(N)ncnc2NC(C)c2nc3cccc(Cl)c3c(=O)[nH]2)c1. The zero-order chi connectivity index (χ0) is 23.5. The fourth-order valence-electron chi connectivity index (χ4n) is 3.23. The summed E-state index contributed by atoms with van der Waals surface area (Å²) in [5.41, 5.74) is 7.83. The van der Waals surface area contributed by atoms with Gasteiger partial charge >= 0.3 is 0 Å². The maximum Gasteiger partial charge on any atom is 0.260 e. The van der Waals surface area contributed by atoms with Crippen LogP contribution in [0.4, 0.5) is 11.6 Å².